The second-order valence-corrected chi connectivity index (χ2v) is 19.3. The molecule has 0 bridgehead atoms. The number of rotatable bonds is 8. The van der Waals surface area contributed by atoms with Crippen LogP contribution in [0, 0.1) is 6.92 Å². The lowest BCUT2D eigenvalue weighted by Crippen LogP contribution is -2.00. The van der Waals surface area contributed by atoms with Crippen LogP contribution in [-0.2, 0) is 0 Å². The number of hydrogen-bond acceptors (Lipinski definition) is 4. The highest BCUT2D eigenvalue weighted by Crippen LogP contribution is 2.44. The molecule has 0 unspecified atom stereocenters. The molecule has 0 aliphatic carbocycles. The fourth-order valence-corrected chi connectivity index (χ4v) is 11.2. The van der Waals surface area contributed by atoms with Crippen molar-refractivity contribution in [2.75, 3.05) is 0 Å². The van der Waals surface area contributed by atoms with Crippen molar-refractivity contribution in [1.82, 2.24) is 19.9 Å². The average Bonchev–Trinajstić information content (AvgIpc) is 3.49. The van der Waals surface area contributed by atoms with Gasteiger partial charge in [-0.05, 0) is 113 Å². The van der Waals surface area contributed by atoms with E-state index < -0.39 is 0 Å². The SMILES string of the molecule is Cc1cc(-c2cc3c(-c4ccc5c6ccccc6c6ccccc6c5c4)cc(-c4ccc(-c5nc(-c6ccccc6)nc(-c6ccccc6)n5)cc4)nc3c3ccccc23)ccc1-c1ccccc1-c1ccccc1. The van der Waals surface area contributed by atoms with E-state index in [2.05, 4.69) is 207 Å². The van der Waals surface area contributed by atoms with Crippen molar-refractivity contribution in [3.63, 3.8) is 0 Å². The number of pyridine rings is 1. The fourth-order valence-electron chi connectivity index (χ4n) is 11.2. The van der Waals surface area contributed by atoms with Gasteiger partial charge in [-0.3, -0.25) is 0 Å². The molecule has 0 aliphatic heterocycles. The minimum Gasteiger partial charge on any atom is -0.247 e. The van der Waals surface area contributed by atoms with E-state index in [0.29, 0.717) is 17.5 Å². The summed E-state index contributed by atoms with van der Waals surface area (Å²) in [5.41, 5.74) is 16.3. The maximum absolute atomic E-state index is 5.63. The Labute approximate surface area is 435 Å². The third-order valence-corrected chi connectivity index (χ3v) is 14.9. The minimum absolute atomic E-state index is 0.611. The summed E-state index contributed by atoms with van der Waals surface area (Å²) in [5.74, 6) is 1.87. The number of nitrogens with zero attached hydrogens (tertiary/aromatic N) is 4. The van der Waals surface area contributed by atoms with Crippen LogP contribution in [0.4, 0.5) is 0 Å². The molecule has 350 valence electrons. The van der Waals surface area contributed by atoms with Crippen molar-refractivity contribution in [1.29, 1.82) is 0 Å². The van der Waals surface area contributed by atoms with Crippen molar-refractivity contribution in [2.24, 2.45) is 0 Å². The topological polar surface area (TPSA) is 51.6 Å². The van der Waals surface area contributed by atoms with E-state index in [9.17, 15) is 0 Å². The van der Waals surface area contributed by atoms with E-state index in [1.54, 1.807) is 0 Å². The Morgan fingerprint density at radius 1 is 0.213 bits per heavy atom. The summed E-state index contributed by atoms with van der Waals surface area (Å²) in [4.78, 5) is 20.6. The van der Waals surface area contributed by atoms with Crippen LogP contribution in [0.3, 0.4) is 0 Å². The largest absolute Gasteiger partial charge is 0.247 e. The second kappa shape index (κ2) is 18.3. The zero-order valence-electron chi connectivity index (χ0n) is 41.1. The molecule has 0 saturated carbocycles. The summed E-state index contributed by atoms with van der Waals surface area (Å²) in [7, 11) is 0. The maximum Gasteiger partial charge on any atom is 0.164 e. The molecule has 14 rings (SSSR count). The zero-order valence-corrected chi connectivity index (χ0v) is 41.1. The molecule has 14 aromatic rings. The number of aromatic nitrogens is 4. The predicted octanol–water partition coefficient (Wildman–Crippen LogP) is 18.7. The number of benzene rings is 12. The first-order valence-corrected chi connectivity index (χ1v) is 25.5. The lowest BCUT2D eigenvalue weighted by atomic mass is 9.87. The molecule has 0 aliphatic rings. The Bertz CT molecular complexity index is 4420. The first-order valence-electron chi connectivity index (χ1n) is 25.5. The zero-order chi connectivity index (χ0) is 49.8. The van der Waals surface area contributed by atoms with Crippen molar-refractivity contribution in [2.45, 2.75) is 6.92 Å². The third-order valence-electron chi connectivity index (χ3n) is 14.9. The van der Waals surface area contributed by atoms with Gasteiger partial charge in [0.05, 0.1) is 11.2 Å². The van der Waals surface area contributed by atoms with Crippen LogP contribution in [0.2, 0.25) is 0 Å². The molecule has 4 heteroatoms. The van der Waals surface area contributed by atoms with Crippen molar-refractivity contribution in [3.05, 3.63) is 266 Å². The maximum atomic E-state index is 5.63. The molecule has 0 fully saturated rings. The molecular formula is C71H46N4. The normalized spacial score (nSPS) is 11.5. The van der Waals surface area contributed by atoms with E-state index in [1.165, 1.54) is 65.7 Å². The molecule has 2 heterocycles. The van der Waals surface area contributed by atoms with Crippen LogP contribution in [-0.4, -0.2) is 19.9 Å². The van der Waals surface area contributed by atoms with Gasteiger partial charge in [-0.15, -0.1) is 0 Å². The number of hydrogen-bond donors (Lipinski definition) is 0. The van der Waals surface area contributed by atoms with E-state index in [1.807, 2.05) is 60.7 Å². The standard InChI is InChI=1S/C71H46N4/c1-45-41-51(37-39-53(45)55-26-12-11-25-54(55)46-19-5-2-6-20-46)63-43-66-64(52-38-40-61-58-29-14-13-27-56(58)57-28-15-16-30-59(57)65(61)42-52)44-67(72-68(66)62-32-18-17-31-60(62)63)47-33-35-50(36-34-47)71-74-69(48-21-7-3-8-22-48)73-70(75-71)49-23-9-4-10-24-49/h2-44H,1H3. The number of aryl methyl sites for hydroxylation is 1. The Morgan fingerprint density at radius 3 is 1.21 bits per heavy atom. The highest BCUT2D eigenvalue weighted by atomic mass is 15.0. The molecular weight excluding hydrogens is 909 g/mol. The van der Waals surface area contributed by atoms with Gasteiger partial charge in [0, 0.05) is 33.0 Å². The predicted molar refractivity (Wildman–Crippen MR) is 313 cm³/mol. The summed E-state index contributed by atoms with van der Waals surface area (Å²) in [6.45, 7) is 2.24. The van der Waals surface area contributed by atoms with Gasteiger partial charge in [-0.1, -0.05) is 243 Å². The Kier molecular flexibility index (Phi) is 10.7. The van der Waals surface area contributed by atoms with E-state index in [4.69, 9.17) is 19.9 Å². The minimum atomic E-state index is 0.611. The molecule has 12 aromatic carbocycles. The lowest BCUT2D eigenvalue weighted by Gasteiger charge is -2.18. The summed E-state index contributed by atoms with van der Waals surface area (Å²) >= 11 is 0. The van der Waals surface area contributed by atoms with Crippen molar-refractivity contribution < 1.29 is 0 Å². The van der Waals surface area contributed by atoms with Crippen LogP contribution in [0.5, 0.6) is 0 Å². The van der Waals surface area contributed by atoms with Crippen molar-refractivity contribution >= 4 is 54.0 Å². The van der Waals surface area contributed by atoms with Crippen molar-refractivity contribution in [3.8, 4) is 89.9 Å². The summed E-state index contributed by atoms with van der Waals surface area (Å²) in [6, 6.07) is 93.2. The highest BCUT2D eigenvalue weighted by Gasteiger charge is 2.20. The average molecular weight is 955 g/mol. The monoisotopic (exact) mass is 954 g/mol. The first-order chi connectivity index (χ1) is 37.1. The number of fused-ring (bicyclic) bond motifs is 9. The smallest absolute Gasteiger partial charge is 0.164 e. The molecule has 2 aromatic heterocycles. The molecule has 0 amide bonds. The second-order valence-electron chi connectivity index (χ2n) is 19.3. The Morgan fingerprint density at radius 2 is 0.627 bits per heavy atom. The molecule has 75 heavy (non-hydrogen) atoms. The van der Waals surface area contributed by atoms with E-state index in [-0.39, 0.29) is 0 Å². The Balaban J connectivity index is 0.959. The molecule has 0 atom stereocenters. The lowest BCUT2D eigenvalue weighted by molar-refractivity contribution is 1.07. The first kappa shape index (κ1) is 43.9. The summed E-state index contributed by atoms with van der Waals surface area (Å²) in [5, 5.41) is 10.8. The van der Waals surface area contributed by atoms with Gasteiger partial charge in [0.15, 0.2) is 17.5 Å². The summed E-state index contributed by atoms with van der Waals surface area (Å²) in [6.07, 6.45) is 0. The summed E-state index contributed by atoms with van der Waals surface area (Å²) < 4.78 is 0. The molecule has 0 N–H and O–H groups in total. The van der Waals surface area contributed by atoms with Crippen LogP contribution >= 0.6 is 0 Å². The van der Waals surface area contributed by atoms with Gasteiger partial charge < -0.3 is 0 Å². The van der Waals surface area contributed by atoms with Crippen LogP contribution in [0.1, 0.15) is 5.56 Å². The van der Waals surface area contributed by atoms with Crippen LogP contribution < -0.4 is 0 Å². The fraction of sp³-hybridized carbons (Fsp3) is 0.0141. The third kappa shape index (κ3) is 7.79. The molecule has 0 radical (unpaired) electrons. The Hall–Kier alpha value is -9.90. The molecule has 4 nitrogen and oxygen atoms in total. The van der Waals surface area contributed by atoms with Gasteiger partial charge in [-0.25, -0.2) is 19.9 Å². The van der Waals surface area contributed by atoms with Gasteiger partial charge in [0.25, 0.3) is 0 Å². The van der Waals surface area contributed by atoms with Gasteiger partial charge in [0.2, 0.25) is 0 Å². The van der Waals surface area contributed by atoms with Gasteiger partial charge in [-0.2, -0.15) is 0 Å². The van der Waals surface area contributed by atoms with Crippen LogP contribution in [0.25, 0.3) is 144 Å². The quantitative estimate of drug-likeness (QED) is 0.142. The molecule has 0 saturated heterocycles. The van der Waals surface area contributed by atoms with Crippen LogP contribution in [0.15, 0.2) is 261 Å². The van der Waals surface area contributed by atoms with Gasteiger partial charge >= 0.3 is 0 Å². The van der Waals surface area contributed by atoms with Gasteiger partial charge in [0.1, 0.15) is 0 Å². The molecule has 0 spiro atoms. The highest BCUT2D eigenvalue weighted by molar-refractivity contribution is 6.26. The van der Waals surface area contributed by atoms with E-state index >= 15 is 0 Å². The van der Waals surface area contributed by atoms with E-state index in [0.717, 1.165) is 66.3 Å².